The van der Waals surface area contributed by atoms with Crippen LogP contribution >= 0.6 is 15.9 Å². The lowest BCUT2D eigenvalue weighted by Crippen LogP contribution is -2.27. The normalized spacial score (nSPS) is 10.7. The van der Waals surface area contributed by atoms with Crippen molar-refractivity contribution in [1.29, 1.82) is 5.26 Å². The molecule has 0 aliphatic heterocycles. The van der Waals surface area contributed by atoms with E-state index in [1.165, 1.54) is 18.2 Å². The average Bonchev–Trinajstić information content (AvgIpc) is 2.76. The van der Waals surface area contributed by atoms with Gasteiger partial charge in [0.2, 0.25) is 0 Å². The van der Waals surface area contributed by atoms with Crippen LogP contribution in [-0.2, 0) is 4.79 Å². The van der Waals surface area contributed by atoms with E-state index >= 15 is 0 Å². The van der Waals surface area contributed by atoms with Gasteiger partial charge in [-0.3, -0.25) is 4.79 Å². The first-order valence-electron chi connectivity index (χ1n) is 8.75. The van der Waals surface area contributed by atoms with E-state index in [2.05, 4.69) is 21.2 Å². The maximum Gasteiger partial charge on any atom is 0.352 e. The molecule has 0 aromatic heterocycles. The first kappa shape index (κ1) is 20.8. The Morgan fingerprint density at radius 3 is 2.43 bits per heavy atom. The summed E-state index contributed by atoms with van der Waals surface area (Å²) >= 11 is 3.41. The zero-order valence-corrected chi connectivity index (χ0v) is 17.1. The van der Waals surface area contributed by atoms with Gasteiger partial charge in [0.25, 0.3) is 5.91 Å². The summed E-state index contributed by atoms with van der Waals surface area (Å²) in [5, 5.41) is 20.8. The van der Waals surface area contributed by atoms with Crippen LogP contribution in [0.1, 0.15) is 21.5 Å². The number of hydrogen-bond donors (Lipinski definition) is 2. The van der Waals surface area contributed by atoms with Gasteiger partial charge in [-0.2, -0.15) is 5.26 Å². The summed E-state index contributed by atoms with van der Waals surface area (Å²) in [5.74, 6) is -0.671. The predicted octanol–water partition coefficient (Wildman–Crippen LogP) is 4.97. The van der Waals surface area contributed by atoms with Gasteiger partial charge in [-0.15, -0.1) is 0 Å². The summed E-state index contributed by atoms with van der Waals surface area (Å²) in [7, 11) is 0. The molecule has 0 saturated heterocycles. The topological polar surface area (TPSA) is 99.4 Å². The van der Waals surface area contributed by atoms with Gasteiger partial charge in [0.15, 0.2) is 0 Å². The molecule has 3 aromatic carbocycles. The van der Waals surface area contributed by atoms with E-state index in [1.54, 1.807) is 36.4 Å². The molecular weight excluding hydrogens is 448 g/mol. The van der Waals surface area contributed by atoms with Crippen LogP contribution in [0, 0.1) is 11.3 Å². The molecule has 0 atom stereocenters. The lowest BCUT2D eigenvalue weighted by molar-refractivity contribution is -0.132. The fourth-order valence-electron chi connectivity index (χ4n) is 2.53. The molecule has 7 heteroatoms. The van der Waals surface area contributed by atoms with Crippen LogP contribution in [0.25, 0.3) is 6.08 Å². The SMILES string of the molecule is N#Cc1cccc(C(=O)NC(=Cc2ccc(Oc3ccccc3Br)cc2)C(=O)O)c1. The highest BCUT2D eigenvalue weighted by Crippen LogP contribution is 2.29. The molecule has 3 rings (SSSR count). The van der Waals surface area contributed by atoms with Crippen molar-refractivity contribution in [3.05, 3.63) is 99.7 Å². The van der Waals surface area contributed by atoms with Crippen LogP contribution in [0.2, 0.25) is 0 Å². The van der Waals surface area contributed by atoms with E-state index in [1.807, 2.05) is 30.3 Å². The third kappa shape index (κ3) is 5.34. The Balaban J connectivity index is 1.76. The number of carbonyl (C=O) groups excluding carboxylic acids is 1. The number of carboxylic acid groups (broad SMARTS) is 1. The van der Waals surface area contributed by atoms with E-state index in [-0.39, 0.29) is 11.3 Å². The van der Waals surface area contributed by atoms with Crippen LogP contribution in [-0.4, -0.2) is 17.0 Å². The third-order valence-electron chi connectivity index (χ3n) is 3.99. The minimum Gasteiger partial charge on any atom is -0.477 e. The molecule has 3 aromatic rings. The van der Waals surface area contributed by atoms with Gasteiger partial charge in [0, 0.05) is 5.56 Å². The molecule has 0 radical (unpaired) electrons. The number of rotatable bonds is 6. The van der Waals surface area contributed by atoms with E-state index in [9.17, 15) is 14.7 Å². The Morgan fingerprint density at radius 1 is 1.03 bits per heavy atom. The van der Waals surface area contributed by atoms with Crippen LogP contribution in [0.4, 0.5) is 0 Å². The second-order valence-electron chi connectivity index (χ2n) is 6.11. The molecule has 0 fully saturated rings. The molecule has 0 aliphatic rings. The predicted molar refractivity (Wildman–Crippen MR) is 115 cm³/mol. The van der Waals surface area contributed by atoms with Gasteiger partial charge in [0.1, 0.15) is 17.2 Å². The Hall–Kier alpha value is -3.89. The molecule has 0 saturated carbocycles. The summed E-state index contributed by atoms with van der Waals surface area (Å²) in [5.41, 5.74) is 0.780. The fraction of sp³-hybridized carbons (Fsp3) is 0. The van der Waals surface area contributed by atoms with E-state index in [0.717, 1.165) is 4.47 Å². The highest BCUT2D eigenvalue weighted by Gasteiger charge is 2.14. The minimum absolute atomic E-state index is 0.193. The first-order valence-corrected chi connectivity index (χ1v) is 9.54. The van der Waals surface area contributed by atoms with Crippen LogP contribution in [0.3, 0.4) is 0 Å². The number of nitrogens with one attached hydrogen (secondary N) is 1. The molecule has 30 heavy (non-hydrogen) atoms. The summed E-state index contributed by atoms with van der Waals surface area (Å²) in [6.45, 7) is 0. The number of para-hydroxylation sites is 1. The van der Waals surface area contributed by atoms with Crippen molar-refractivity contribution in [2.24, 2.45) is 0 Å². The number of carboxylic acids is 1. The largest absolute Gasteiger partial charge is 0.477 e. The summed E-state index contributed by atoms with van der Waals surface area (Å²) in [4.78, 5) is 23.9. The highest BCUT2D eigenvalue weighted by molar-refractivity contribution is 9.10. The van der Waals surface area contributed by atoms with Crippen molar-refractivity contribution in [2.45, 2.75) is 0 Å². The quantitative estimate of drug-likeness (QED) is 0.503. The second-order valence-corrected chi connectivity index (χ2v) is 6.97. The summed E-state index contributed by atoms with van der Waals surface area (Å²) < 4.78 is 6.59. The van der Waals surface area contributed by atoms with Gasteiger partial charge in [0.05, 0.1) is 16.1 Å². The number of halogens is 1. The van der Waals surface area contributed by atoms with Crippen molar-refractivity contribution in [1.82, 2.24) is 5.32 Å². The zero-order chi connectivity index (χ0) is 21.5. The van der Waals surface area contributed by atoms with Gasteiger partial charge in [-0.25, -0.2) is 4.79 Å². The number of benzene rings is 3. The maximum atomic E-state index is 12.4. The Kier molecular flexibility index (Phi) is 6.63. The van der Waals surface area contributed by atoms with Crippen molar-refractivity contribution < 1.29 is 19.4 Å². The Morgan fingerprint density at radius 2 is 1.77 bits per heavy atom. The summed E-state index contributed by atoms with van der Waals surface area (Å²) in [6.07, 6.45) is 1.34. The maximum absolute atomic E-state index is 12.4. The molecule has 0 bridgehead atoms. The van der Waals surface area contributed by atoms with Crippen LogP contribution in [0.5, 0.6) is 11.5 Å². The number of amides is 1. The van der Waals surface area contributed by atoms with Gasteiger partial charge >= 0.3 is 5.97 Å². The molecule has 0 spiro atoms. The van der Waals surface area contributed by atoms with Crippen LogP contribution in [0.15, 0.2) is 83.0 Å². The lowest BCUT2D eigenvalue weighted by Gasteiger charge is -2.09. The van der Waals surface area contributed by atoms with Gasteiger partial charge in [-0.1, -0.05) is 30.3 Å². The average molecular weight is 463 g/mol. The summed E-state index contributed by atoms with van der Waals surface area (Å²) in [6, 6.07) is 22.1. The smallest absolute Gasteiger partial charge is 0.352 e. The van der Waals surface area contributed by atoms with E-state index < -0.39 is 11.9 Å². The zero-order valence-electron chi connectivity index (χ0n) is 15.5. The standard InChI is InChI=1S/C23H15BrN2O4/c24-19-6-1-2-7-21(19)30-18-10-8-15(9-11-18)13-20(23(28)29)26-22(27)17-5-3-4-16(12-17)14-25/h1-13H,(H,26,27)(H,28,29). The van der Waals surface area contributed by atoms with Crippen molar-refractivity contribution >= 4 is 33.9 Å². The van der Waals surface area contributed by atoms with Crippen molar-refractivity contribution in [3.63, 3.8) is 0 Å². The van der Waals surface area contributed by atoms with Crippen LogP contribution < -0.4 is 10.1 Å². The molecular formula is C23H15BrN2O4. The molecule has 0 heterocycles. The van der Waals surface area contributed by atoms with Gasteiger partial charge < -0.3 is 15.2 Å². The minimum atomic E-state index is -1.28. The van der Waals surface area contributed by atoms with Crippen molar-refractivity contribution in [2.75, 3.05) is 0 Å². The molecule has 1 amide bonds. The van der Waals surface area contributed by atoms with E-state index in [4.69, 9.17) is 10.00 Å². The lowest BCUT2D eigenvalue weighted by atomic mass is 10.1. The highest BCUT2D eigenvalue weighted by atomic mass is 79.9. The molecule has 148 valence electrons. The van der Waals surface area contributed by atoms with E-state index in [0.29, 0.717) is 22.6 Å². The second kappa shape index (κ2) is 9.54. The number of carbonyl (C=O) groups is 2. The number of nitriles is 1. The molecule has 0 aliphatic carbocycles. The fourth-order valence-corrected chi connectivity index (χ4v) is 2.89. The molecule has 2 N–H and O–H groups in total. The number of ether oxygens (including phenoxy) is 1. The first-order chi connectivity index (χ1) is 14.5. The number of aliphatic carboxylic acids is 1. The Labute approximate surface area is 181 Å². The number of hydrogen-bond acceptors (Lipinski definition) is 4. The Bertz CT molecular complexity index is 1160. The number of nitrogens with zero attached hydrogens (tertiary/aromatic N) is 1. The van der Waals surface area contributed by atoms with Crippen molar-refractivity contribution in [3.8, 4) is 17.6 Å². The monoisotopic (exact) mass is 462 g/mol. The molecule has 6 nitrogen and oxygen atoms in total. The molecule has 0 unspecified atom stereocenters. The third-order valence-corrected chi connectivity index (χ3v) is 4.64. The van der Waals surface area contributed by atoms with Gasteiger partial charge in [-0.05, 0) is 70.0 Å².